The second-order valence-electron chi connectivity index (χ2n) is 4.40. The van der Waals surface area contributed by atoms with Crippen molar-refractivity contribution < 1.29 is 9.53 Å². The van der Waals surface area contributed by atoms with Crippen LogP contribution in [-0.4, -0.2) is 14.8 Å². The number of rotatable bonds is 4. The van der Waals surface area contributed by atoms with Crippen molar-refractivity contribution in [3.05, 3.63) is 47.7 Å². The van der Waals surface area contributed by atoms with Gasteiger partial charge in [-0.15, -0.1) is 0 Å². The van der Waals surface area contributed by atoms with Gasteiger partial charge >= 0.3 is 5.97 Å². The van der Waals surface area contributed by atoms with Gasteiger partial charge in [0.2, 0.25) is 0 Å². The normalized spacial score (nSPS) is 13.5. The highest BCUT2D eigenvalue weighted by molar-refractivity contribution is 6.57. The molecule has 92 valence electrons. The van der Waals surface area contributed by atoms with Crippen LogP contribution in [-0.2, 0) is 9.53 Å². The van der Waals surface area contributed by atoms with Gasteiger partial charge in [0.1, 0.15) is 5.73 Å². The van der Waals surface area contributed by atoms with Gasteiger partial charge in [-0.05, 0) is 12.5 Å². The summed E-state index contributed by atoms with van der Waals surface area (Å²) in [6.45, 7) is 5.99. The van der Waals surface area contributed by atoms with Crippen LogP contribution in [0.2, 0.25) is 13.1 Å². The summed E-state index contributed by atoms with van der Waals surface area (Å²) in [7, 11) is -1.13. The molecule has 0 amide bonds. The first kappa shape index (κ1) is 13.5. The van der Waals surface area contributed by atoms with Crippen LogP contribution in [0.25, 0.3) is 0 Å². The van der Waals surface area contributed by atoms with Crippen LogP contribution in [0.5, 0.6) is 0 Å². The summed E-state index contributed by atoms with van der Waals surface area (Å²) in [4.78, 5) is 11.6. The molecule has 2 N–H and O–H groups in total. The minimum absolute atomic E-state index is 0.0979. The highest BCUT2D eigenvalue weighted by Gasteiger charge is 2.20. The second-order valence-corrected chi connectivity index (χ2v) is 7.49. The fourth-order valence-corrected chi connectivity index (χ4v) is 2.98. The van der Waals surface area contributed by atoms with E-state index in [0.717, 1.165) is 5.56 Å². The summed E-state index contributed by atoms with van der Waals surface area (Å²) in [6.07, 6.45) is 1.33. The topological polar surface area (TPSA) is 52.3 Å². The Labute approximate surface area is 104 Å². The summed E-state index contributed by atoms with van der Waals surface area (Å²) >= 11 is 0. The number of hydrogen-bond donors (Lipinski definition) is 1. The molecule has 0 heterocycles. The van der Waals surface area contributed by atoms with Crippen molar-refractivity contribution in [3.8, 4) is 0 Å². The summed E-state index contributed by atoms with van der Waals surface area (Å²) in [5, 5.41) is 0. The summed E-state index contributed by atoms with van der Waals surface area (Å²) in [5.74, 6) is -0.361. The fourth-order valence-electron chi connectivity index (χ4n) is 1.58. The molecular weight excluding hydrogens is 230 g/mol. The first-order valence-corrected chi connectivity index (χ1v) is 8.67. The predicted octanol–water partition coefficient (Wildman–Crippen LogP) is 2.16. The van der Waals surface area contributed by atoms with Gasteiger partial charge in [-0.3, -0.25) is 0 Å². The number of esters is 1. The molecule has 0 saturated carbocycles. The van der Waals surface area contributed by atoms with Gasteiger partial charge < -0.3 is 10.5 Å². The summed E-state index contributed by atoms with van der Waals surface area (Å²) in [6, 6.07) is 9.84. The van der Waals surface area contributed by atoms with Gasteiger partial charge in [-0.25, -0.2) is 4.79 Å². The zero-order valence-corrected chi connectivity index (χ0v) is 11.7. The van der Waals surface area contributed by atoms with Crippen LogP contribution in [0.15, 0.2) is 42.1 Å². The number of nitrogens with two attached hydrogens (primary N) is 1. The van der Waals surface area contributed by atoms with Crippen molar-refractivity contribution in [2.75, 3.05) is 0 Å². The Morgan fingerprint density at radius 1 is 1.35 bits per heavy atom. The Morgan fingerprint density at radius 3 is 2.41 bits per heavy atom. The fraction of sp³-hybridized carbons (Fsp3) is 0.308. The Morgan fingerprint density at radius 2 is 1.94 bits per heavy atom. The summed E-state index contributed by atoms with van der Waals surface area (Å²) < 4.78 is 5.48. The third kappa shape index (κ3) is 4.44. The Hall–Kier alpha value is -1.55. The zero-order valence-electron chi connectivity index (χ0n) is 10.5. The van der Waals surface area contributed by atoms with E-state index in [9.17, 15) is 4.79 Å². The van der Waals surface area contributed by atoms with E-state index in [0.29, 0.717) is 5.70 Å². The lowest BCUT2D eigenvalue weighted by molar-refractivity contribution is -0.140. The van der Waals surface area contributed by atoms with E-state index in [4.69, 9.17) is 10.5 Å². The lowest BCUT2D eigenvalue weighted by Gasteiger charge is -2.20. The van der Waals surface area contributed by atoms with E-state index in [1.807, 2.05) is 30.3 Å². The van der Waals surface area contributed by atoms with Crippen molar-refractivity contribution in [1.29, 1.82) is 0 Å². The van der Waals surface area contributed by atoms with Crippen molar-refractivity contribution in [3.63, 3.8) is 0 Å². The molecule has 17 heavy (non-hydrogen) atoms. The van der Waals surface area contributed by atoms with E-state index < -0.39 is 8.80 Å². The Bertz CT molecular complexity index is 397. The van der Waals surface area contributed by atoms with Crippen LogP contribution < -0.4 is 5.73 Å². The first-order valence-electron chi connectivity index (χ1n) is 5.70. The number of benzene rings is 1. The third-order valence-electron chi connectivity index (χ3n) is 2.32. The van der Waals surface area contributed by atoms with Crippen LogP contribution in [0, 0.1) is 0 Å². The molecule has 1 unspecified atom stereocenters. The summed E-state index contributed by atoms with van der Waals surface area (Å²) in [5.41, 5.74) is 6.88. The van der Waals surface area contributed by atoms with Crippen LogP contribution in [0.3, 0.4) is 0 Å². The van der Waals surface area contributed by atoms with E-state index in [1.165, 1.54) is 6.08 Å². The van der Waals surface area contributed by atoms with Gasteiger partial charge in [0, 0.05) is 11.8 Å². The number of carbonyl (C=O) groups is 1. The third-order valence-corrected chi connectivity index (χ3v) is 4.05. The van der Waals surface area contributed by atoms with Crippen molar-refractivity contribution in [2.24, 2.45) is 5.73 Å². The average Bonchev–Trinajstić information content (AvgIpc) is 2.25. The molecule has 0 aliphatic carbocycles. The molecule has 1 aromatic rings. The van der Waals surface area contributed by atoms with E-state index in [1.54, 1.807) is 6.92 Å². The van der Waals surface area contributed by atoms with Gasteiger partial charge in [-0.1, -0.05) is 43.4 Å². The van der Waals surface area contributed by atoms with Crippen molar-refractivity contribution in [2.45, 2.75) is 25.7 Å². The van der Waals surface area contributed by atoms with Crippen LogP contribution in [0.1, 0.15) is 18.2 Å². The average molecular weight is 249 g/mol. The molecule has 1 rings (SSSR count). The molecule has 4 heteroatoms. The Balaban J connectivity index is 2.82. The molecule has 0 bridgehead atoms. The molecule has 0 aliphatic rings. The molecule has 0 fully saturated rings. The smallest absolute Gasteiger partial charge is 0.332 e. The lowest BCUT2D eigenvalue weighted by atomic mass is 10.2. The number of allylic oxidation sites excluding steroid dienone is 1. The molecule has 3 nitrogen and oxygen atoms in total. The second kappa shape index (κ2) is 6.25. The molecule has 1 aromatic carbocycles. The van der Waals surface area contributed by atoms with Crippen LogP contribution >= 0.6 is 0 Å². The molecule has 0 aromatic heterocycles. The first-order chi connectivity index (χ1) is 8.00. The maximum atomic E-state index is 11.6. The minimum Gasteiger partial charge on any atom is -0.459 e. The maximum absolute atomic E-state index is 11.6. The minimum atomic E-state index is -1.13. The standard InChI is InChI=1S/C13H19NO2Si/c1-10(14)9-12(15)16-13(17(2)3)11-7-5-4-6-8-11/h4-9,13,17H,14H2,1-3H3/b10-9-. The maximum Gasteiger partial charge on any atom is 0.332 e. The highest BCUT2D eigenvalue weighted by Crippen LogP contribution is 2.20. The van der Waals surface area contributed by atoms with Crippen molar-refractivity contribution >= 4 is 14.8 Å². The van der Waals surface area contributed by atoms with Gasteiger partial charge in [0.15, 0.2) is 0 Å². The lowest BCUT2D eigenvalue weighted by Crippen LogP contribution is -2.22. The molecule has 0 aliphatic heterocycles. The number of hydrogen-bond acceptors (Lipinski definition) is 3. The SMILES string of the molecule is C/C(N)=C/C(=O)OC(c1ccccc1)[SiH](C)C. The Kier molecular flexibility index (Phi) is 4.97. The van der Waals surface area contributed by atoms with Crippen molar-refractivity contribution in [1.82, 2.24) is 0 Å². The monoisotopic (exact) mass is 249 g/mol. The predicted molar refractivity (Wildman–Crippen MR) is 72.1 cm³/mol. The van der Waals surface area contributed by atoms with Crippen LogP contribution in [0.4, 0.5) is 0 Å². The van der Waals surface area contributed by atoms with E-state index in [2.05, 4.69) is 13.1 Å². The molecule has 1 atom stereocenters. The van der Waals surface area contributed by atoms with Gasteiger partial charge in [0.05, 0.1) is 8.80 Å². The quantitative estimate of drug-likeness (QED) is 0.505. The molecule has 0 saturated heterocycles. The zero-order chi connectivity index (χ0) is 12.8. The number of ether oxygens (including phenoxy) is 1. The number of carbonyl (C=O) groups excluding carboxylic acids is 1. The highest BCUT2D eigenvalue weighted by atomic mass is 28.3. The largest absolute Gasteiger partial charge is 0.459 e. The molecular formula is C13H19NO2Si. The van der Waals surface area contributed by atoms with E-state index in [-0.39, 0.29) is 11.7 Å². The van der Waals surface area contributed by atoms with Gasteiger partial charge in [-0.2, -0.15) is 0 Å². The molecule has 0 spiro atoms. The molecule has 0 radical (unpaired) electrons. The van der Waals surface area contributed by atoms with Gasteiger partial charge in [0.25, 0.3) is 0 Å². The van der Waals surface area contributed by atoms with E-state index >= 15 is 0 Å².